The smallest absolute Gasteiger partial charge is 0.0499 e. The number of likely N-dealkylation sites (tertiary alicyclic amines) is 1. The van der Waals surface area contributed by atoms with Gasteiger partial charge in [0.05, 0.1) is 0 Å². The minimum atomic E-state index is 0.193. The van der Waals surface area contributed by atoms with Crippen LogP contribution in [0.1, 0.15) is 51.6 Å². The van der Waals surface area contributed by atoms with Gasteiger partial charge >= 0.3 is 0 Å². The van der Waals surface area contributed by atoms with Gasteiger partial charge < -0.3 is 5.73 Å². The molecule has 1 fully saturated rings. The highest BCUT2D eigenvalue weighted by atomic mass is 79.9. The predicted octanol–water partition coefficient (Wildman–Crippen LogP) is 4.35. The first-order valence-electron chi connectivity index (χ1n) is 7.68. The molecule has 2 rings (SSSR count). The summed E-state index contributed by atoms with van der Waals surface area (Å²) in [5.41, 5.74) is 8.20. The molecule has 1 aromatic rings. The Hall–Kier alpha value is -0.380. The second kappa shape index (κ2) is 6.59. The predicted molar refractivity (Wildman–Crippen MR) is 89.7 cm³/mol. The molecule has 2 unspecified atom stereocenters. The first kappa shape index (κ1) is 16.0. The van der Waals surface area contributed by atoms with E-state index < -0.39 is 0 Å². The van der Waals surface area contributed by atoms with Gasteiger partial charge in [0.25, 0.3) is 0 Å². The Morgan fingerprint density at radius 1 is 1.40 bits per heavy atom. The van der Waals surface area contributed by atoms with Crippen molar-refractivity contribution in [2.45, 2.75) is 52.1 Å². The molecule has 1 aliphatic heterocycles. The molecular weight excluding hydrogens is 312 g/mol. The fourth-order valence-electron chi connectivity index (χ4n) is 3.35. The van der Waals surface area contributed by atoms with Gasteiger partial charge in [-0.25, -0.2) is 0 Å². The number of halogens is 1. The summed E-state index contributed by atoms with van der Waals surface area (Å²) in [6, 6.07) is 9.16. The molecule has 0 radical (unpaired) electrons. The summed E-state index contributed by atoms with van der Waals surface area (Å²) < 4.78 is 1.14. The Morgan fingerprint density at radius 2 is 2.15 bits per heavy atom. The van der Waals surface area contributed by atoms with Crippen LogP contribution >= 0.6 is 15.9 Å². The molecule has 0 amide bonds. The second-order valence-electron chi connectivity index (χ2n) is 6.81. The Morgan fingerprint density at radius 3 is 2.75 bits per heavy atom. The van der Waals surface area contributed by atoms with Crippen molar-refractivity contribution in [3.63, 3.8) is 0 Å². The fourth-order valence-corrected chi connectivity index (χ4v) is 3.77. The van der Waals surface area contributed by atoms with E-state index in [2.05, 4.69) is 65.9 Å². The molecule has 1 saturated heterocycles. The lowest BCUT2D eigenvalue weighted by atomic mass is 9.82. The summed E-state index contributed by atoms with van der Waals surface area (Å²) in [4.78, 5) is 2.60. The maximum Gasteiger partial charge on any atom is 0.0499 e. The lowest BCUT2D eigenvalue weighted by Crippen LogP contribution is -2.47. The van der Waals surface area contributed by atoms with Crippen LogP contribution in [0.4, 0.5) is 0 Å². The highest BCUT2D eigenvalue weighted by Crippen LogP contribution is 2.35. The van der Waals surface area contributed by atoms with Crippen molar-refractivity contribution in [2.24, 2.45) is 11.1 Å². The number of piperidine rings is 1. The van der Waals surface area contributed by atoms with E-state index in [4.69, 9.17) is 5.73 Å². The van der Waals surface area contributed by atoms with E-state index in [-0.39, 0.29) is 6.04 Å². The molecule has 3 heteroatoms. The zero-order valence-corrected chi connectivity index (χ0v) is 14.5. The molecule has 0 aliphatic carbocycles. The summed E-state index contributed by atoms with van der Waals surface area (Å²) in [6.45, 7) is 9.22. The highest BCUT2D eigenvalue weighted by Gasteiger charge is 2.33. The summed E-state index contributed by atoms with van der Waals surface area (Å²) >= 11 is 3.59. The molecular formula is C17H27BrN2. The largest absolute Gasteiger partial charge is 0.326 e. The van der Waals surface area contributed by atoms with E-state index in [1.54, 1.807) is 0 Å². The van der Waals surface area contributed by atoms with Crippen molar-refractivity contribution < 1.29 is 0 Å². The molecule has 20 heavy (non-hydrogen) atoms. The average Bonchev–Trinajstić information content (AvgIpc) is 2.38. The van der Waals surface area contributed by atoms with Gasteiger partial charge in [0.1, 0.15) is 0 Å². The van der Waals surface area contributed by atoms with Crippen molar-refractivity contribution in [3.8, 4) is 0 Å². The van der Waals surface area contributed by atoms with Crippen LogP contribution in [-0.2, 0) is 0 Å². The average molecular weight is 339 g/mol. The second-order valence-corrected chi connectivity index (χ2v) is 7.73. The molecule has 0 aromatic heterocycles. The zero-order chi connectivity index (χ0) is 14.8. The van der Waals surface area contributed by atoms with Gasteiger partial charge in [-0.1, -0.05) is 48.8 Å². The van der Waals surface area contributed by atoms with E-state index in [1.165, 1.54) is 18.4 Å². The number of hydrogen-bond acceptors (Lipinski definition) is 2. The van der Waals surface area contributed by atoms with Gasteiger partial charge in [0, 0.05) is 23.1 Å². The van der Waals surface area contributed by atoms with Crippen molar-refractivity contribution in [3.05, 3.63) is 34.3 Å². The topological polar surface area (TPSA) is 29.3 Å². The highest BCUT2D eigenvalue weighted by molar-refractivity contribution is 9.10. The third-order valence-corrected chi connectivity index (χ3v) is 4.88. The van der Waals surface area contributed by atoms with E-state index in [9.17, 15) is 0 Å². The van der Waals surface area contributed by atoms with Gasteiger partial charge in [-0.3, -0.25) is 4.90 Å². The third kappa shape index (κ3) is 3.84. The van der Waals surface area contributed by atoms with Gasteiger partial charge in [-0.2, -0.15) is 0 Å². The van der Waals surface area contributed by atoms with Crippen LogP contribution in [0, 0.1) is 5.41 Å². The van der Waals surface area contributed by atoms with Crippen molar-refractivity contribution in [1.29, 1.82) is 0 Å². The van der Waals surface area contributed by atoms with Gasteiger partial charge in [0.15, 0.2) is 0 Å². The normalized spacial score (nSPS) is 22.4. The lowest BCUT2D eigenvalue weighted by Gasteiger charge is -2.44. The van der Waals surface area contributed by atoms with E-state index in [0.29, 0.717) is 11.5 Å². The number of hydrogen-bond donors (Lipinski definition) is 1. The van der Waals surface area contributed by atoms with Crippen LogP contribution in [0.25, 0.3) is 0 Å². The third-order valence-electron chi connectivity index (χ3n) is 4.39. The summed E-state index contributed by atoms with van der Waals surface area (Å²) in [7, 11) is 0. The van der Waals surface area contributed by atoms with Gasteiger partial charge in [-0.05, 0) is 48.9 Å². The molecule has 2 nitrogen and oxygen atoms in total. The molecule has 0 saturated carbocycles. The Balaban J connectivity index is 2.28. The lowest BCUT2D eigenvalue weighted by molar-refractivity contribution is 0.0657. The molecule has 1 aliphatic rings. The minimum absolute atomic E-state index is 0.193. The SMILES string of the molecule is CCC(N)C(c1cccc(Br)c1)N1CCCC(C)(C)C1. The number of nitrogens with two attached hydrogens (primary N) is 1. The first-order valence-corrected chi connectivity index (χ1v) is 8.47. The molecule has 0 spiro atoms. The summed E-state index contributed by atoms with van der Waals surface area (Å²) in [5, 5.41) is 0. The van der Waals surface area contributed by atoms with Crippen LogP contribution in [0.15, 0.2) is 28.7 Å². The van der Waals surface area contributed by atoms with Crippen molar-refractivity contribution in [2.75, 3.05) is 13.1 Å². The quantitative estimate of drug-likeness (QED) is 0.884. The van der Waals surface area contributed by atoms with Crippen LogP contribution < -0.4 is 5.73 Å². The van der Waals surface area contributed by atoms with Crippen LogP contribution in [-0.4, -0.2) is 24.0 Å². The number of benzene rings is 1. The maximum atomic E-state index is 6.46. The van der Waals surface area contributed by atoms with Crippen LogP contribution in [0.5, 0.6) is 0 Å². The van der Waals surface area contributed by atoms with E-state index >= 15 is 0 Å². The van der Waals surface area contributed by atoms with Gasteiger partial charge in [-0.15, -0.1) is 0 Å². The molecule has 2 atom stereocenters. The minimum Gasteiger partial charge on any atom is -0.326 e. The van der Waals surface area contributed by atoms with E-state index in [0.717, 1.165) is 24.0 Å². The fraction of sp³-hybridized carbons (Fsp3) is 0.647. The van der Waals surface area contributed by atoms with Crippen molar-refractivity contribution >= 4 is 15.9 Å². The molecule has 2 N–H and O–H groups in total. The Bertz CT molecular complexity index is 444. The molecule has 112 valence electrons. The standard InChI is InChI=1S/C17H27BrN2/c1-4-15(19)16(13-7-5-8-14(18)11-13)20-10-6-9-17(2,3)12-20/h5,7-8,11,15-16H,4,6,9-10,12,19H2,1-3H3. The first-order chi connectivity index (χ1) is 9.43. The van der Waals surface area contributed by atoms with Crippen molar-refractivity contribution in [1.82, 2.24) is 4.90 Å². The van der Waals surface area contributed by atoms with E-state index in [1.807, 2.05) is 0 Å². The number of rotatable bonds is 4. The Kier molecular flexibility index (Phi) is 5.27. The molecule has 1 heterocycles. The van der Waals surface area contributed by atoms with Crippen LogP contribution in [0.2, 0.25) is 0 Å². The Labute approximate surface area is 131 Å². The summed E-state index contributed by atoms with van der Waals surface area (Å²) in [5.74, 6) is 0. The molecule has 1 aromatic carbocycles. The van der Waals surface area contributed by atoms with Crippen LogP contribution in [0.3, 0.4) is 0 Å². The monoisotopic (exact) mass is 338 g/mol. The maximum absolute atomic E-state index is 6.46. The number of nitrogens with zero attached hydrogens (tertiary/aromatic N) is 1. The zero-order valence-electron chi connectivity index (χ0n) is 12.9. The van der Waals surface area contributed by atoms with Gasteiger partial charge in [0.2, 0.25) is 0 Å². The molecule has 0 bridgehead atoms. The summed E-state index contributed by atoms with van der Waals surface area (Å²) in [6.07, 6.45) is 3.60.